The third kappa shape index (κ3) is 3.23. The van der Waals surface area contributed by atoms with Gasteiger partial charge in [0.25, 0.3) is 5.91 Å². The Balaban J connectivity index is 1.68. The van der Waals surface area contributed by atoms with Crippen LogP contribution in [0.25, 0.3) is 10.9 Å². The Morgan fingerprint density at radius 2 is 1.78 bits per heavy atom. The Morgan fingerprint density at radius 3 is 2.52 bits per heavy atom. The van der Waals surface area contributed by atoms with Crippen molar-refractivity contribution in [2.45, 2.75) is 6.42 Å². The van der Waals surface area contributed by atoms with E-state index in [4.69, 9.17) is 0 Å². The van der Waals surface area contributed by atoms with Crippen LogP contribution in [0.15, 0.2) is 54.7 Å². The van der Waals surface area contributed by atoms with Crippen molar-refractivity contribution in [2.75, 3.05) is 12.4 Å². The standard InChI is InChI=1S/C18H17N3O2/c1-19-18(23)12-6-8-14(9-7-12)21-17(22)10-13-11-20-16-5-3-2-4-15(13)16/h2-9,11,20H,10H2,1H3,(H,19,23)(H,21,22). The number of fused-ring (bicyclic) bond motifs is 1. The molecule has 3 rings (SSSR count). The van der Waals surface area contributed by atoms with Crippen LogP contribution in [-0.4, -0.2) is 23.8 Å². The summed E-state index contributed by atoms with van der Waals surface area (Å²) in [6, 6.07) is 14.7. The van der Waals surface area contributed by atoms with E-state index >= 15 is 0 Å². The van der Waals surface area contributed by atoms with Crippen molar-refractivity contribution in [2.24, 2.45) is 0 Å². The minimum atomic E-state index is -0.151. The molecule has 0 unspecified atom stereocenters. The fraction of sp³-hybridized carbons (Fsp3) is 0.111. The van der Waals surface area contributed by atoms with E-state index in [0.717, 1.165) is 16.5 Å². The van der Waals surface area contributed by atoms with Crippen LogP contribution in [0.4, 0.5) is 5.69 Å². The van der Waals surface area contributed by atoms with Gasteiger partial charge in [0.1, 0.15) is 0 Å². The van der Waals surface area contributed by atoms with Gasteiger partial charge in [0, 0.05) is 35.4 Å². The van der Waals surface area contributed by atoms with E-state index in [1.807, 2.05) is 30.5 Å². The summed E-state index contributed by atoms with van der Waals surface area (Å²) in [6.45, 7) is 0. The summed E-state index contributed by atoms with van der Waals surface area (Å²) in [7, 11) is 1.58. The topological polar surface area (TPSA) is 74.0 Å². The van der Waals surface area contributed by atoms with E-state index in [2.05, 4.69) is 15.6 Å². The molecule has 5 nitrogen and oxygen atoms in total. The number of hydrogen-bond acceptors (Lipinski definition) is 2. The third-order valence-corrected chi connectivity index (χ3v) is 3.68. The number of nitrogens with one attached hydrogen (secondary N) is 3. The van der Waals surface area contributed by atoms with Gasteiger partial charge in [-0.05, 0) is 35.9 Å². The first-order valence-electron chi connectivity index (χ1n) is 7.34. The van der Waals surface area contributed by atoms with Crippen LogP contribution in [0, 0.1) is 0 Å². The number of H-pyrrole nitrogens is 1. The first-order valence-corrected chi connectivity index (χ1v) is 7.34. The lowest BCUT2D eigenvalue weighted by Gasteiger charge is -2.06. The van der Waals surface area contributed by atoms with Gasteiger partial charge >= 0.3 is 0 Å². The average molecular weight is 307 g/mol. The summed E-state index contributed by atoms with van der Waals surface area (Å²) < 4.78 is 0. The van der Waals surface area contributed by atoms with Crippen LogP contribution in [0.5, 0.6) is 0 Å². The van der Waals surface area contributed by atoms with E-state index < -0.39 is 0 Å². The number of anilines is 1. The summed E-state index contributed by atoms with van der Waals surface area (Å²) in [5, 5.41) is 6.46. The highest BCUT2D eigenvalue weighted by Gasteiger charge is 2.09. The number of carbonyl (C=O) groups excluding carboxylic acids is 2. The number of rotatable bonds is 4. The minimum absolute atomic E-state index is 0.0950. The van der Waals surface area contributed by atoms with Crippen molar-refractivity contribution in [3.63, 3.8) is 0 Å². The zero-order valence-electron chi connectivity index (χ0n) is 12.7. The van der Waals surface area contributed by atoms with Crippen molar-refractivity contribution in [1.29, 1.82) is 0 Å². The van der Waals surface area contributed by atoms with Gasteiger partial charge in [-0.15, -0.1) is 0 Å². The first kappa shape index (κ1) is 14.8. The van der Waals surface area contributed by atoms with E-state index in [0.29, 0.717) is 17.7 Å². The van der Waals surface area contributed by atoms with Crippen molar-refractivity contribution >= 4 is 28.4 Å². The van der Waals surface area contributed by atoms with Crippen LogP contribution >= 0.6 is 0 Å². The summed E-state index contributed by atoms with van der Waals surface area (Å²) in [5.41, 5.74) is 3.20. The van der Waals surface area contributed by atoms with Crippen LogP contribution in [0.2, 0.25) is 0 Å². The van der Waals surface area contributed by atoms with Crippen molar-refractivity contribution < 1.29 is 9.59 Å². The van der Waals surface area contributed by atoms with Gasteiger partial charge in [0.15, 0.2) is 0 Å². The highest BCUT2D eigenvalue weighted by Crippen LogP contribution is 2.18. The van der Waals surface area contributed by atoms with Crippen LogP contribution in [0.1, 0.15) is 15.9 Å². The van der Waals surface area contributed by atoms with Crippen LogP contribution in [0.3, 0.4) is 0 Å². The second kappa shape index (κ2) is 6.36. The fourth-order valence-electron chi connectivity index (χ4n) is 2.51. The number of aromatic nitrogens is 1. The maximum Gasteiger partial charge on any atom is 0.251 e. The van der Waals surface area contributed by atoms with Gasteiger partial charge in [-0.2, -0.15) is 0 Å². The SMILES string of the molecule is CNC(=O)c1ccc(NC(=O)Cc2c[nH]c3ccccc23)cc1. The molecule has 23 heavy (non-hydrogen) atoms. The molecule has 3 N–H and O–H groups in total. The molecule has 0 saturated carbocycles. The third-order valence-electron chi connectivity index (χ3n) is 3.68. The number of hydrogen-bond donors (Lipinski definition) is 3. The highest BCUT2D eigenvalue weighted by atomic mass is 16.2. The molecule has 1 heterocycles. The maximum atomic E-state index is 12.2. The van der Waals surface area contributed by atoms with Crippen LogP contribution in [-0.2, 0) is 11.2 Å². The molecule has 0 bridgehead atoms. The minimum Gasteiger partial charge on any atom is -0.361 e. The Hall–Kier alpha value is -3.08. The van der Waals surface area contributed by atoms with Gasteiger partial charge in [0.2, 0.25) is 5.91 Å². The molecule has 0 aliphatic heterocycles. The van der Waals surface area contributed by atoms with E-state index in [1.165, 1.54) is 0 Å². The van der Waals surface area contributed by atoms with E-state index in [1.54, 1.807) is 31.3 Å². The largest absolute Gasteiger partial charge is 0.361 e. The van der Waals surface area contributed by atoms with Crippen molar-refractivity contribution in [1.82, 2.24) is 10.3 Å². The molecule has 1 aromatic heterocycles. The number of benzene rings is 2. The Kier molecular flexibility index (Phi) is 4.10. The molecule has 2 amide bonds. The second-order valence-electron chi connectivity index (χ2n) is 5.24. The molecule has 0 fully saturated rings. The molecule has 0 spiro atoms. The molecule has 2 aromatic carbocycles. The van der Waals surface area contributed by atoms with E-state index in [9.17, 15) is 9.59 Å². The molecule has 0 radical (unpaired) electrons. The molecular weight excluding hydrogens is 290 g/mol. The molecular formula is C18H17N3O2. The molecule has 0 saturated heterocycles. The molecule has 0 atom stereocenters. The summed E-state index contributed by atoms with van der Waals surface area (Å²) >= 11 is 0. The molecule has 0 aliphatic carbocycles. The number of aromatic amines is 1. The molecule has 3 aromatic rings. The summed E-state index contributed by atoms with van der Waals surface area (Å²) in [4.78, 5) is 26.8. The normalized spacial score (nSPS) is 10.5. The summed E-state index contributed by atoms with van der Waals surface area (Å²) in [5.74, 6) is -0.246. The Labute approximate surface area is 133 Å². The highest BCUT2D eigenvalue weighted by molar-refractivity contribution is 5.97. The van der Waals surface area contributed by atoms with Crippen LogP contribution < -0.4 is 10.6 Å². The number of carbonyl (C=O) groups is 2. The molecule has 116 valence electrons. The van der Waals surface area contributed by atoms with Crippen molar-refractivity contribution in [3.05, 3.63) is 65.9 Å². The monoisotopic (exact) mass is 307 g/mol. The Bertz CT molecular complexity index is 850. The predicted octanol–water partition coefficient (Wildman–Crippen LogP) is 2.71. The fourth-order valence-corrected chi connectivity index (χ4v) is 2.51. The summed E-state index contributed by atoms with van der Waals surface area (Å²) in [6.07, 6.45) is 2.15. The lowest BCUT2D eigenvalue weighted by atomic mass is 10.1. The predicted molar refractivity (Wildman–Crippen MR) is 90.5 cm³/mol. The lowest BCUT2D eigenvalue weighted by molar-refractivity contribution is -0.115. The Morgan fingerprint density at radius 1 is 1.04 bits per heavy atom. The first-order chi connectivity index (χ1) is 11.2. The zero-order chi connectivity index (χ0) is 16.2. The van der Waals surface area contributed by atoms with Crippen molar-refractivity contribution in [3.8, 4) is 0 Å². The second-order valence-corrected chi connectivity index (χ2v) is 5.24. The molecule has 5 heteroatoms. The smallest absolute Gasteiger partial charge is 0.251 e. The maximum absolute atomic E-state index is 12.2. The molecule has 0 aliphatic rings. The number of para-hydroxylation sites is 1. The zero-order valence-corrected chi connectivity index (χ0v) is 12.7. The van der Waals surface area contributed by atoms with Gasteiger partial charge in [-0.1, -0.05) is 18.2 Å². The van der Waals surface area contributed by atoms with Gasteiger partial charge in [0.05, 0.1) is 6.42 Å². The van der Waals surface area contributed by atoms with Gasteiger partial charge < -0.3 is 15.6 Å². The quantitative estimate of drug-likeness (QED) is 0.693. The van der Waals surface area contributed by atoms with Gasteiger partial charge in [-0.25, -0.2) is 0 Å². The average Bonchev–Trinajstić information content (AvgIpc) is 2.98. The number of amides is 2. The van der Waals surface area contributed by atoms with Gasteiger partial charge in [-0.3, -0.25) is 9.59 Å². The lowest BCUT2D eigenvalue weighted by Crippen LogP contribution is -2.18. The van der Waals surface area contributed by atoms with E-state index in [-0.39, 0.29) is 11.8 Å².